The lowest BCUT2D eigenvalue weighted by Crippen LogP contribution is -2.40. The highest BCUT2D eigenvalue weighted by molar-refractivity contribution is 5.99. The summed E-state index contributed by atoms with van der Waals surface area (Å²) in [7, 11) is 0. The normalized spacial score (nSPS) is 12.1. The van der Waals surface area contributed by atoms with Gasteiger partial charge in [-0.25, -0.2) is 4.68 Å². The number of aromatic nitrogens is 2. The van der Waals surface area contributed by atoms with Crippen molar-refractivity contribution in [1.82, 2.24) is 14.7 Å². The first-order chi connectivity index (χ1) is 17.2. The monoisotopic (exact) mass is 502 g/mol. The molecule has 6 nitrogen and oxygen atoms in total. The summed E-state index contributed by atoms with van der Waals surface area (Å²) in [5.41, 5.74) is 4.40. The Morgan fingerprint density at radius 3 is 2.11 bits per heavy atom. The Kier molecular flexibility index (Phi) is 8.31. The molecule has 0 unspecified atom stereocenters. The maximum absolute atomic E-state index is 13.4. The molecule has 0 bridgehead atoms. The lowest BCUT2D eigenvalue weighted by Gasteiger charge is -2.25. The van der Waals surface area contributed by atoms with Gasteiger partial charge in [-0.1, -0.05) is 85.7 Å². The number of amides is 2. The molecule has 6 heteroatoms. The number of benzene rings is 2. The summed E-state index contributed by atoms with van der Waals surface area (Å²) in [5, 5.41) is 7.86. The molecule has 0 saturated carbocycles. The smallest absolute Gasteiger partial charge is 0.254 e. The predicted octanol–water partition coefficient (Wildman–Crippen LogP) is 6.51. The summed E-state index contributed by atoms with van der Waals surface area (Å²) in [6.07, 6.45) is 0. The van der Waals surface area contributed by atoms with Gasteiger partial charge in [0.05, 0.1) is 11.4 Å². The van der Waals surface area contributed by atoms with Gasteiger partial charge in [0.2, 0.25) is 5.91 Å². The van der Waals surface area contributed by atoms with E-state index in [1.807, 2.05) is 75.4 Å². The van der Waals surface area contributed by atoms with E-state index in [0.717, 1.165) is 22.5 Å². The Labute approximate surface area is 222 Å². The van der Waals surface area contributed by atoms with Crippen LogP contribution in [0.5, 0.6) is 0 Å². The van der Waals surface area contributed by atoms with Crippen molar-refractivity contribution in [1.29, 1.82) is 0 Å². The largest absolute Gasteiger partial charge is 0.329 e. The summed E-state index contributed by atoms with van der Waals surface area (Å²) < 4.78 is 1.79. The van der Waals surface area contributed by atoms with Crippen LogP contribution in [-0.2, 0) is 15.6 Å². The minimum atomic E-state index is -0.254. The Balaban J connectivity index is 1.87. The van der Waals surface area contributed by atoms with Gasteiger partial charge in [-0.15, -0.1) is 0 Å². The first-order valence-electron chi connectivity index (χ1n) is 13.0. The van der Waals surface area contributed by atoms with Crippen LogP contribution in [0, 0.1) is 12.8 Å². The van der Waals surface area contributed by atoms with Crippen LogP contribution in [0.15, 0.2) is 54.6 Å². The molecule has 0 atom stereocenters. The third kappa shape index (κ3) is 7.09. The quantitative estimate of drug-likeness (QED) is 0.400. The summed E-state index contributed by atoms with van der Waals surface area (Å²) in [5.74, 6) is 0.411. The maximum atomic E-state index is 13.4. The van der Waals surface area contributed by atoms with E-state index in [9.17, 15) is 9.59 Å². The van der Waals surface area contributed by atoms with E-state index >= 15 is 0 Å². The van der Waals surface area contributed by atoms with Crippen molar-refractivity contribution in [3.05, 3.63) is 77.0 Å². The summed E-state index contributed by atoms with van der Waals surface area (Å²) in [6, 6.07) is 17.6. The van der Waals surface area contributed by atoms with Gasteiger partial charge >= 0.3 is 0 Å². The van der Waals surface area contributed by atoms with Gasteiger partial charge in [0.25, 0.3) is 5.91 Å². The number of hydrogen-bond donors (Lipinski definition) is 1. The van der Waals surface area contributed by atoms with Crippen molar-refractivity contribution < 1.29 is 9.59 Å². The molecule has 198 valence electrons. The van der Waals surface area contributed by atoms with Crippen LogP contribution in [0.4, 0.5) is 5.82 Å². The molecule has 1 N–H and O–H groups in total. The second kappa shape index (κ2) is 10.9. The molecule has 1 heterocycles. The first kappa shape index (κ1) is 28.2. The molecule has 0 radical (unpaired) electrons. The van der Waals surface area contributed by atoms with E-state index in [4.69, 9.17) is 5.10 Å². The molecule has 3 aromatic rings. The number of nitrogens with zero attached hydrogens (tertiary/aromatic N) is 3. The van der Waals surface area contributed by atoms with E-state index in [0.29, 0.717) is 17.9 Å². The van der Waals surface area contributed by atoms with E-state index in [1.54, 1.807) is 9.58 Å². The Bertz CT molecular complexity index is 1240. The van der Waals surface area contributed by atoms with Crippen LogP contribution < -0.4 is 5.32 Å². The van der Waals surface area contributed by atoms with Crippen molar-refractivity contribution in [2.24, 2.45) is 5.92 Å². The van der Waals surface area contributed by atoms with Crippen molar-refractivity contribution in [3.8, 4) is 5.69 Å². The molecule has 0 aliphatic rings. The van der Waals surface area contributed by atoms with E-state index in [2.05, 4.69) is 46.9 Å². The zero-order valence-corrected chi connectivity index (χ0v) is 23.8. The topological polar surface area (TPSA) is 67.2 Å². The van der Waals surface area contributed by atoms with Crippen LogP contribution in [0.25, 0.3) is 5.69 Å². The van der Waals surface area contributed by atoms with Crippen LogP contribution in [0.1, 0.15) is 82.6 Å². The lowest BCUT2D eigenvalue weighted by molar-refractivity contribution is -0.117. The Morgan fingerprint density at radius 2 is 1.57 bits per heavy atom. The number of aryl methyl sites for hydroxylation is 1. The fourth-order valence-corrected chi connectivity index (χ4v) is 4.13. The fourth-order valence-electron chi connectivity index (χ4n) is 4.13. The van der Waals surface area contributed by atoms with Crippen molar-refractivity contribution in [2.45, 2.75) is 73.1 Å². The first-order valence-corrected chi connectivity index (χ1v) is 13.0. The maximum Gasteiger partial charge on any atom is 0.254 e. The van der Waals surface area contributed by atoms with Crippen molar-refractivity contribution in [2.75, 3.05) is 18.4 Å². The van der Waals surface area contributed by atoms with Crippen LogP contribution in [0.2, 0.25) is 0 Å². The molecule has 3 rings (SSSR count). The number of carbonyl (C=O) groups excluding carboxylic acids is 2. The van der Waals surface area contributed by atoms with E-state index in [-0.39, 0.29) is 35.1 Å². The molecule has 1 aromatic heterocycles. The number of para-hydroxylation sites is 1. The number of anilines is 1. The third-order valence-corrected chi connectivity index (χ3v) is 6.29. The molecular weight excluding hydrogens is 460 g/mol. The van der Waals surface area contributed by atoms with Crippen LogP contribution in [0.3, 0.4) is 0 Å². The van der Waals surface area contributed by atoms with E-state index in [1.165, 1.54) is 0 Å². The van der Waals surface area contributed by atoms with E-state index < -0.39 is 0 Å². The van der Waals surface area contributed by atoms with Crippen LogP contribution >= 0.6 is 0 Å². The molecule has 2 amide bonds. The number of carbonyl (C=O) groups is 2. The molecular formula is C31H42N4O2. The van der Waals surface area contributed by atoms with Gasteiger partial charge in [0.1, 0.15) is 12.4 Å². The molecule has 0 spiro atoms. The molecule has 0 aliphatic heterocycles. The molecule has 0 fully saturated rings. The summed E-state index contributed by atoms with van der Waals surface area (Å²) in [6.45, 7) is 19.3. The second-order valence-corrected chi connectivity index (χ2v) is 12.3. The molecule has 37 heavy (non-hydrogen) atoms. The highest BCUT2D eigenvalue weighted by atomic mass is 16.2. The Morgan fingerprint density at radius 1 is 0.946 bits per heavy atom. The third-order valence-electron chi connectivity index (χ3n) is 6.29. The highest BCUT2D eigenvalue weighted by Crippen LogP contribution is 2.27. The standard InChI is InChI=1S/C31H42N4O2/c1-21(2)19-34(29(37)23-14-16-24(17-15-23)30(4,5)6)20-28(36)32-27-18-26(31(7,8)9)33-35(27)25-13-11-10-12-22(25)3/h10-18,21H,19-20H2,1-9H3,(H,32,36). The van der Waals surface area contributed by atoms with Gasteiger partial charge in [-0.2, -0.15) is 5.10 Å². The minimum absolute atomic E-state index is 0.00501. The van der Waals surface area contributed by atoms with Gasteiger partial charge in [-0.05, 0) is 47.6 Å². The molecule has 0 aliphatic carbocycles. The second-order valence-electron chi connectivity index (χ2n) is 12.3. The lowest BCUT2D eigenvalue weighted by atomic mass is 9.86. The van der Waals surface area contributed by atoms with Gasteiger partial charge < -0.3 is 10.2 Å². The highest BCUT2D eigenvalue weighted by Gasteiger charge is 2.25. The average Bonchev–Trinajstić information content (AvgIpc) is 3.21. The summed E-state index contributed by atoms with van der Waals surface area (Å²) in [4.78, 5) is 28.4. The zero-order chi connectivity index (χ0) is 27.5. The average molecular weight is 503 g/mol. The number of rotatable bonds is 7. The van der Waals surface area contributed by atoms with Crippen LogP contribution in [-0.4, -0.2) is 39.6 Å². The van der Waals surface area contributed by atoms with Gasteiger partial charge in [0, 0.05) is 23.6 Å². The van der Waals surface area contributed by atoms with Crippen molar-refractivity contribution in [3.63, 3.8) is 0 Å². The fraction of sp³-hybridized carbons (Fsp3) is 0.452. The van der Waals surface area contributed by atoms with Gasteiger partial charge in [0.15, 0.2) is 0 Å². The zero-order valence-electron chi connectivity index (χ0n) is 23.8. The molecule has 2 aromatic carbocycles. The SMILES string of the molecule is Cc1ccccc1-n1nc(C(C)(C)C)cc1NC(=O)CN(CC(C)C)C(=O)c1ccc(C(C)(C)C)cc1. The number of hydrogen-bond acceptors (Lipinski definition) is 3. The summed E-state index contributed by atoms with van der Waals surface area (Å²) >= 11 is 0. The minimum Gasteiger partial charge on any atom is -0.329 e. The molecule has 0 saturated heterocycles. The number of nitrogens with one attached hydrogen (secondary N) is 1. The van der Waals surface area contributed by atoms with Crippen molar-refractivity contribution >= 4 is 17.6 Å². The van der Waals surface area contributed by atoms with Gasteiger partial charge in [-0.3, -0.25) is 9.59 Å². The predicted molar refractivity (Wildman–Crippen MR) is 152 cm³/mol. The Hall–Kier alpha value is -3.41.